The molecule has 0 bridgehead atoms. The smallest absolute Gasteiger partial charge is 0.325 e. The Morgan fingerprint density at radius 3 is 2.67 bits per heavy atom. The van der Waals surface area contributed by atoms with Crippen LogP contribution in [-0.4, -0.2) is 40.9 Å². The summed E-state index contributed by atoms with van der Waals surface area (Å²) >= 11 is 0. The van der Waals surface area contributed by atoms with Crippen LogP contribution in [0.5, 0.6) is 0 Å². The van der Waals surface area contributed by atoms with Crippen molar-refractivity contribution in [1.82, 2.24) is 20.9 Å². The lowest BCUT2D eigenvalue weighted by Crippen LogP contribution is -2.54. The van der Waals surface area contributed by atoms with Crippen molar-refractivity contribution in [2.45, 2.75) is 44.7 Å². The summed E-state index contributed by atoms with van der Waals surface area (Å²) in [5.41, 5.74) is -0.0204. The lowest BCUT2D eigenvalue weighted by Gasteiger charge is -2.36. The van der Waals surface area contributed by atoms with E-state index in [-0.39, 0.29) is 18.4 Å². The minimum Gasteiger partial charge on any atom is -0.334 e. The van der Waals surface area contributed by atoms with Crippen molar-refractivity contribution in [3.63, 3.8) is 0 Å². The van der Waals surface area contributed by atoms with Gasteiger partial charge in [-0.2, -0.15) is 0 Å². The minimum atomic E-state index is -0.912. The molecule has 1 spiro atoms. The van der Waals surface area contributed by atoms with Crippen LogP contribution < -0.4 is 16.0 Å². The summed E-state index contributed by atoms with van der Waals surface area (Å²) in [6.07, 6.45) is 3.31. The maximum Gasteiger partial charge on any atom is 0.325 e. The Kier molecular flexibility index (Phi) is 5.43. The molecule has 3 N–H and O–H groups in total. The average Bonchev–Trinajstić information content (AvgIpc) is 2.88. The lowest BCUT2D eigenvalue weighted by atomic mass is 9.73. The molecule has 3 rings (SSSR count). The van der Waals surface area contributed by atoms with Gasteiger partial charge in [-0.25, -0.2) is 9.59 Å². The van der Waals surface area contributed by atoms with E-state index >= 15 is 0 Å². The van der Waals surface area contributed by atoms with Crippen molar-refractivity contribution >= 4 is 23.9 Å². The molecule has 6 amide bonds. The van der Waals surface area contributed by atoms with Crippen LogP contribution in [-0.2, 0) is 16.1 Å². The maximum absolute atomic E-state index is 12.8. The summed E-state index contributed by atoms with van der Waals surface area (Å²) in [4.78, 5) is 49.9. The van der Waals surface area contributed by atoms with E-state index in [1.54, 1.807) is 0 Å². The second-order valence-electron chi connectivity index (χ2n) is 7.16. The molecule has 2 fully saturated rings. The average molecular weight is 372 g/mol. The fourth-order valence-electron chi connectivity index (χ4n) is 3.77. The summed E-state index contributed by atoms with van der Waals surface area (Å²) in [6, 6.07) is 8.01. The fourth-order valence-corrected chi connectivity index (χ4v) is 3.77. The number of urea groups is 2. The maximum atomic E-state index is 12.8. The third-order valence-corrected chi connectivity index (χ3v) is 5.35. The molecule has 144 valence electrons. The van der Waals surface area contributed by atoms with Crippen molar-refractivity contribution in [3.8, 4) is 0 Å². The Morgan fingerprint density at radius 1 is 1.22 bits per heavy atom. The van der Waals surface area contributed by atoms with Gasteiger partial charge in [-0.3, -0.25) is 19.8 Å². The number of carbonyl (C=O) groups excluding carboxylic acids is 4. The van der Waals surface area contributed by atoms with Gasteiger partial charge >= 0.3 is 12.1 Å². The van der Waals surface area contributed by atoms with Gasteiger partial charge in [0.05, 0.1) is 0 Å². The summed E-state index contributed by atoms with van der Waals surface area (Å²) in [6.45, 7) is 1.74. The molecule has 2 atom stereocenters. The van der Waals surface area contributed by atoms with Crippen LogP contribution in [0.2, 0.25) is 0 Å². The number of carbonyl (C=O) groups is 4. The molecule has 0 radical (unpaired) electrons. The first-order valence-corrected chi connectivity index (χ1v) is 9.18. The number of benzene rings is 1. The summed E-state index contributed by atoms with van der Waals surface area (Å²) in [7, 11) is 0. The SMILES string of the molecule is C[C@H]1CCCC[C@@]12NC(=O)N(CC(=O)NC(=O)NCc1ccccc1)C2=O. The molecule has 0 unspecified atom stereocenters. The summed E-state index contributed by atoms with van der Waals surface area (Å²) in [5.74, 6) is -1.06. The third-order valence-electron chi connectivity index (χ3n) is 5.35. The minimum absolute atomic E-state index is 0.0185. The van der Waals surface area contributed by atoms with E-state index in [0.29, 0.717) is 6.42 Å². The topological polar surface area (TPSA) is 108 Å². The van der Waals surface area contributed by atoms with Crippen LogP contribution in [0.15, 0.2) is 30.3 Å². The third kappa shape index (κ3) is 3.94. The Hall–Kier alpha value is -2.90. The molecule has 1 saturated heterocycles. The molecule has 0 aromatic heterocycles. The lowest BCUT2D eigenvalue weighted by molar-refractivity contribution is -0.137. The number of hydrogen-bond acceptors (Lipinski definition) is 4. The van der Waals surface area contributed by atoms with E-state index in [1.807, 2.05) is 37.3 Å². The van der Waals surface area contributed by atoms with Gasteiger partial charge in [0.25, 0.3) is 5.91 Å². The first kappa shape index (κ1) is 18.9. The molecule has 27 heavy (non-hydrogen) atoms. The first-order chi connectivity index (χ1) is 12.9. The zero-order valence-electron chi connectivity index (χ0n) is 15.3. The van der Waals surface area contributed by atoms with Crippen LogP contribution in [0.3, 0.4) is 0 Å². The van der Waals surface area contributed by atoms with Crippen molar-refractivity contribution < 1.29 is 19.2 Å². The molecule has 8 heteroatoms. The van der Waals surface area contributed by atoms with Gasteiger partial charge in [0.2, 0.25) is 5.91 Å². The normalized spacial score (nSPS) is 24.6. The van der Waals surface area contributed by atoms with Crippen LogP contribution in [0.4, 0.5) is 9.59 Å². The highest BCUT2D eigenvalue weighted by molar-refractivity contribution is 6.10. The van der Waals surface area contributed by atoms with Crippen molar-refractivity contribution in [1.29, 1.82) is 0 Å². The molecule has 1 aliphatic carbocycles. The standard InChI is InChI=1S/C19H24N4O4/c1-13-7-5-6-10-19(13)16(25)23(18(27)22-19)12-15(24)21-17(26)20-11-14-8-3-2-4-9-14/h2-4,8-9,13H,5-7,10-12H2,1H3,(H,22,27)(H2,20,21,24,26)/t13-,19+/m0/s1. The molecule has 1 aromatic carbocycles. The van der Waals surface area contributed by atoms with E-state index in [2.05, 4.69) is 16.0 Å². The highest BCUT2D eigenvalue weighted by Crippen LogP contribution is 2.38. The van der Waals surface area contributed by atoms with Gasteiger partial charge in [0.15, 0.2) is 0 Å². The molecule has 2 aliphatic rings. The Bertz CT molecular complexity index is 751. The molecule has 1 aliphatic heterocycles. The number of imide groups is 2. The predicted molar refractivity (Wildman–Crippen MR) is 97.4 cm³/mol. The molecule has 8 nitrogen and oxygen atoms in total. The first-order valence-electron chi connectivity index (χ1n) is 9.18. The van der Waals surface area contributed by atoms with Crippen LogP contribution >= 0.6 is 0 Å². The number of nitrogens with one attached hydrogen (secondary N) is 3. The van der Waals surface area contributed by atoms with Crippen LogP contribution in [0.1, 0.15) is 38.2 Å². The Balaban J connectivity index is 1.53. The Labute approximate surface area is 157 Å². The highest BCUT2D eigenvalue weighted by Gasteiger charge is 2.55. The summed E-state index contributed by atoms with van der Waals surface area (Å²) in [5, 5.41) is 7.51. The van der Waals surface area contributed by atoms with Gasteiger partial charge in [0.1, 0.15) is 12.1 Å². The fraction of sp³-hybridized carbons (Fsp3) is 0.474. The van der Waals surface area contributed by atoms with Crippen molar-refractivity contribution in [2.75, 3.05) is 6.54 Å². The van der Waals surface area contributed by atoms with Crippen LogP contribution in [0.25, 0.3) is 0 Å². The molecular weight excluding hydrogens is 348 g/mol. The molecular formula is C19H24N4O4. The largest absolute Gasteiger partial charge is 0.334 e. The van der Waals surface area contributed by atoms with Gasteiger partial charge in [0, 0.05) is 6.54 Å². The van der Waals surface area contributed by atoms with E-state index in [4.69, 9.17) is 0 Å². The molecule has 1 aromatic rings. The van der Waals surface area contributed by atoms with Crippen LogP contribution in [0, 0.1) is 5.92 Å². The van der Waals surface area contributed by atoms with Crippen molar-refractivity contribution in [2.24, 2.45) is 5.92 Å². The predicted octanol–water partition coefficient (Wildman–Crippen LogP) is 1.51. The zero-order valence-corrected chi connectivity index (χ0v) is 15.3. The monoisotopic (exact) mass is 372 g/mol. The van der Waals surface area contributed by atoms with E-state index in [9.17, 15) is 19.2 Å². The quantitative estimate of drug-likeness (QED) is 0.696. The molecule has 1 heterocycles. The number of nitrogens with zero attached hydrogens (tertiary/aromatic N) is 1. The highest BCUT2D eigenvalue weighted by atomic mass is 16.2. The van der Waals surface area contributed by atoms with Gasteiger partial charge in [-0.15, -0.1) is 0 Å². The van der Waals surface area contributed by atoms with Gasteiger partial charge in [-0.1, -0.05) is 50.1 Å². The Morgan fingerprint density at radius 2 is 1.96 bits per heavy atom. The zero-order chi connectivity index (χ0) is 19.4. The number of rotatable bonds is 4. The van der Waals surface area contributed by atoms with Gasteiger partial charge in [-0.05, 0) is 24.3 Å². The van der Waals surface area contributed by atoms with E-state index in [0.717, 1.165) is 29.7 Å². The van der Waals surface area contributed by atoms with Gasteiger partial charge < -0.3 is 10.6 Å². The second kappa shape index (κ2) is 7.77. The van der Waals surface area contributed by atoms with E-state index < -0.39 is 30.1 Å². The number of hydrogen-bond donors (Lipinski definition) is 3. The second-order valence-corrected chi connectivity index (χ2v) is 7.16. The summed E-state index contributed by atoms with van der Waals surface area (Å²) < 4.78 is 0. The van der Waals surface area contributed by atoms with E-state index in [1.165, 1.54) is 0 Å². The van der Waals surface area contributed by atoms with Crippen molar-refractivity contribution in [3.05, 3.63) is 35.9 Å². The molecule has 1 saturated carbocycles. The number of amides is 6.